The van der Waals surface area contributed by atoms with E-state index in [9.17, 15) is 4.79 Å². The molecule has 0 bridgehead atoms. The normalized spacial score (nSPS) is 22.3. The number of rotatable bonds is 3. The van der Waals surface area contributed by atoms with Gasteiger partial charge in [-0.2, -0.15) is 4.98 Å². The van der Waals surface area contributed by atoms with E-state index < -0.39 is 0 Å². The van der Waals surface area contributed by atoms with Crippen molar-refractivity contribution in [3.05, 3.63) is 51.8 Å². The number of anilines is 1. The average Bonchev–Trinajstić information content (AvgIpc) is 2.94. The zero-order valence-electron chi connectivity index (χ0n) is 13.2. The van der Waals surface area contributed by atoms with Gasteiger partial charge in [0.25, 0.3) is 5.56 Å². The molecule has 2 atom stereocenters. The Morgan fingerprint density at radius 2 is 2.22 bits per heavy atom. The summed E-state index contributed by atoms with van der Waals surface area (Å²) < 4.78 is 2.18. The first kappa shape index (κ1) is 14.8. The zero-order valence-corrected chi connectivity index (χ0v) is 14.0. The number of thioether (sulfide) groups is 1. The molecule has 0 amide bonds. The molecular weight excluding hydrogens is 308 g/mol. The van der Waals surface area contributed by atoms with Crippen LogP contribution in [-0.2, 0) is 19.5 Å². The van der Waals surface area contributed by atoms with Crippen LogP contribution >= 0.6 is 11.8 Å². The Morgan fingerprint density at radius 3 is 3.04 bits per heavy atom. The van der Waals surface area contributed by atoms with Crippen molar-refractivity contribution in [3.8, 4) is 0 Å². The van der Waals surface area contributed by atoms with Crippen molar-refractivity contribution in [2.45, 2.75) is 36.8 Å². The molecule has 1 aromatic heterocycles. The summed E-state index contributed by atoms with van der Waals surface area (Å²) in [5.74, 6) is 1.00. The highest BCUT2D eigenvalue weighted by atomic mass is 32.2. The lowest BCUT2D eigenvalue weighted by atomic mass is 10.1. The second-order valence-electron chi connectivity index (χ2n) is 6.33. The molecule has 2 aromatic rings. The van der Waals surface area contributed by atoms with E-state index in [0.717, 1.165) is 49.3 Å². The van der Waals surface area contributed by atoms with Crippen molar-refractivity contribution in [3.63, 3.8) is 0 Å². The summed E-state index contributed by atoms with van der Waals surface area (Å²) in [7, 11) is 0. The molecule has 0 spiro atoms. The lowest BCUT2D eigenvalue weighted by molar-refractivity contribution is -0.912. The van der Waals surface area contributed by atoms with E-state index >= 15 is 0 Å². The van der Waals surface area contributed by atoms with Gasteiger partial charge in [0.2, 0.25) is 0 Å². The van der Waals surface area contributed by atoms with E-state index in [-0.39, 0.29) is 5.56 Å². The number of hydrogen-bond donors (Lipinski definition) is 2. The van der Waals surface area contributed by atoms with Gasteiger partial charge in [0.15, 0.2) is 11.8 Å². The first-order valence-corrected chi connectivity index (χ1v) is 9.00. The van der Waals surface area contributed by atoms with Crippen molar-refractivity contribution >= 4 is 17.6 Å². The third-order valence-corrected chi connectivity index (χ3v) is 5.60. The Balaban J connectivity index is 1.52. The van der Waals surface area contributed by atoms with E-state index in [1.54, 1.807) is 11.8 Å². The standard InChI is InChI=1S/C17H20N4OS/c1-12-9-21-15-14(16(22)19-17(21)23-12)10-20(11-18-15)8-7-13-5-3-2-4-6-13/h2-6,12,18H,7-11H2,1H3/p+1/t12-/m1/s1. The van der Waals surface area contributed by atoms with Gasteiger partial charge in [-0.3, -0.25) is 4.79 Å². The summed E-state index contributed by atoms with van der Waals surface area (Å²) in [6, 6.07) is 10.5. The summed E-state index contributed by atoms with van der Waals surface area (Å²) in [4.78, 5) is 18.0. The Labute approximate surface area is 139 Å². The van der Waals surface area contributed by atoms with Crippen LogP contribution in [0.15, 0.2) is 40.3 Å². The average molecular weight is 329 g/mol. The van der Waals surface area contributed by atoms with Crippen LogP contribution in [0.5, 0.6) is 0 Å². The molecule has 23 heavy (non-hydrogen) atoms. The molecule has 0 fully saturated rings. The van der Waals surface area contributed by atoms with Crippen molar-refractivity contribution in [1.82, 2.24) is 9.55 Å². The molecule has 3 heterocycles. The molecule has 2 N–H and O–H groups in total. The van der Waals surface area contributed by atoms with Crippen LogP contribution in [0.2, 0.25) is 0 Å². The number of hydrogen-bond acceptors (Lipinski definition) is 4. The molecule has 1 aromatic carbocycles. The summed E-state index contributed by atoms with van der Waals surface area (Å²) in [6.07, 6.45) is 1.03. The molecule has 120 valence electrons. The predicted molar refractivity (Wildman–Crippen MR) is 92.0 cm³/mol. The van der Waals surface area contributed by atoms with Crippen LogP contribution in [0.25, 0.3) is 0 Å². The highest BCUT2D eigenvalue weighted by molar-refractivity contribution is 7.99. The van der Waals surface area contributed by atoms with Crippen LogP contribution in [0.3, 0.4) is 0 Å². The smallest absolute Gasteiger partial charge is 0.284 e. The SMILES string of the molecule is C[C@@H]1Cn2c(nc(=O)c3c2NC[NH+](CCc2ccccc2)C3)S1. The molecule has 5 nitrogen and oxygen atoms in total. The van der Waals surface area contributed by atoms with Crippen LogP contribution in [0.1, 0.15) is 18.1 Å². The first-order valence-electron chi connectivity index (χ1n) is 8.12. The van der Waals surface area contributed by atoms with Gasteiger partial charge < -0.3 is 14.8 Å². The summed E-state index contributed by atoms with van der Waals surface area (Å²) >= 11 is 1.69. The number of benzene rings is 1. The second kappa shape index (κ2) is 6.02. The van der Waals surface area contributed by atoms with Crippen molar-refractivity contribution in [2.24, 2.45) is 0 Å². The monoisotopic (exact) mass is 329 g/mol. The van der Waals surface area contributed by atoms with E-state index in [1.165, 1.54) is 10.5 Å². The van der Waals surface area contributed by atoms with Crippen LogP contribution in [-0.4, -0.2) is 28.0 Å². The Morgan fingerprint density at radius 1 is 1.39 bits per heavy atom. The summed E-state index contributed by atoms with van der Waals surface area (Å²) in [5, 5.41) is 4.83. The van der Waals surface area contributed by atoms with Gasteiger partial charge in [0.1, 0.15) is 17.9 Å². The molecule has 0 aliphatic carbocycles. The molecule has 0 radical (unpaired) electrons. The number of aromatic nitrogens is 2. The second-order valence-corrected chi connectivity index (χ2v) is 7.74. The third kappa shape index (κ3) is 2.88. The highest BCUT2D eigenvalue weighted by Crippen LogP contribution is 2.32. The van der Waals surface area contributed by atoms with E-state index in [2.05, 4.69) is 46.1 Å². The zero-order chi connectivity index (χ0) is 15.8. The molecule has 0 saturated heterocycles. The van der Waals surface area contributed by atoms with Crippen molar-refractivity contribution in [1.29, 1.82) is 0 Å². The maximum Gasteiger partial charge on any atom is 0.284 e. The van der Waals surface area contributed by atoms with Gasteiger partial charge in [-0.25, -0.2) is 0 Å². The maximum absolute atomic E-state index is 12.4. The molecule has 1 unspecified atom stereocenters. The number of nitrogens with zero attached hydrogens (tertiary/aromatic N) is 2. The topological polar surface area (TPSA) is 51.4 Å². The van der Waals surface area contributed by atoms with E-state index in [0.29, 0.717) is 5.25 Å². The quantitative estimate of drug-likeness (QED) is 0.816. The molecule has 2 aliphatic heterocycles. The van der Waals surface area contributed by atoms with Gasteiger partial charge in [0, 0.05) is 18.2 Å². The van der Waals surface area contributed by atoms with E-state index in [4.69, 9.17) is 0 Å². The maximum atomic E-state index is 12.4. The van der Waals surface area contributed by atoms with Crippen LogP contribution in [0.4, 0.5) is 5.82 Å². The minimum Gasteiger partial charge on any atom is -0.324 e. The number of fused-ring (bicyclic) bond motifs is 3. The summed E-state index contributed by atoms with van der Waals surface area (Å²) in [5.41, 5.74) is 2.13. The fourth-order valence-corrected chi connectivity index (χ4v) is 4.35. The van der Waals surface area contributed by atoms with Crippen LogP contribution < -0.4 is 15.8 Å². The van der Waals surface area contributed by atoms with Gasteiger partial charge in [-0.05, 0) is 5.56 Å². The molecular formula is C17H21N4OS+. The first-order chi connectivity index (χ1) is 11.2. The number of quaternary nitrogens is 1. The van der Waals surface area contributed by atoms with Crippen molar-refractivity contribution in [2.75, 3.05) is 18.5 Å². The molecule has 4 rings (SSSR count). The minimum absolute atomic E-state index is 0.0581. The highest BCUT2D eigenvalue weighted by Gasteiger charge is 2.30. The lowest BCUT2D eigenvalue weighted by Gasteiger charge is -2.28. The fraction of sp³-hybridized carbons (Fsp3) is 0.412. The molecule has 2 aliphatic rings. The van der Waals surface area contributed by atoms with Gasteiger partial charge in [-0.1, -0.05) is 49.0 Å². The molecule has 6 heteroatoms. The van der Waals surface area contributed by atoms with Gasteiger partial charge >= 0.3 is 0 Å². The predicted octanol–water partition coefficient (Wildman–Crippen LogP) is 0.748. The largest absolute Gasteiger partial charge is 0.324 e. The number of nitrogens with one attached hydrogen (secondary N) is 2. The van der Waals surface area contributed by atoms with Crippen LogP contribution in [0, 0.1) is 0 Å². The van der Waals surface area contributed by atoms with Gasteiger partial charge in [0.05, 0.1) is 6.54 Å². The fourth-order valence-electron chi connectivity index (χ4n) is 3.33. The van der Waals surface area contributed by atoms with E-state index in [1.807, 2.05) is 6.07 Å². The third-order valence-electron chi connectivity index (χ3n) is 4.53. The molecule has 0 saturated carbocycles. The van der Waals surface area contributed by atoms with Crippen molar-refractivity contribution < 1.29 is 4.90 Å². The lowest BCUT2D eigenvalue weighted by Crippen LogP contribution is -3.13. The Kier molecular flexibility index (Phi) is 3.87. The Hall–Kier alpha value is -1.79. The summed E-state index contributed by atoms with van der Waals surface area (Å²) in [6.45, 7) is 5.75. The van der Waals surface area contributed by atoms with Gasteiger partial charge in [-0.15, -0.1) is 0 Å². The minimum atomic E-state index is -0.0581. The Bertz CT molecular complexity index is 774.